The lowest BCUT2D eigenvalue weighted by Crippen LogP contribution is -2.38. The molecular formula is C11H20N4O2S. The molecule has 102 valence electrons. The highest BCUT2D eigenvalue weighted by atomic mass is 32.2. The number of nitrogens with one attached hydrogen (secondary N) is 1. The summed E-state index contributed by atoms with van der Waals surface area (Å²) >= 11 is 0. The van der Waals surface area contributed by atoms with Crippen LogP contribution in [0.25, 0.3) is 0 Å². The number of sulfonamides is 1. The van der Waals surface area contributed by atoms with E-state index in [2.05, 4.69) is 16.7 Å². The first kappa shape index (κ1) is 13.4. The first-order valence-corrected chi connectivity index (χ1v) is 7.68. The van der Waals surface area contributed by atoms with Gasteiger partial charge in [0.15, 0.2) is 5.82 Å². The van der Waals surface area contributed by atoms with Gasteiger partial charge in [-0.2, -0.15) is 5.10 Å². The van der Waals surface area contributed by atoms with Gasteiger partial charge in [0, 0.05) is 19.3 Å². The van der Waals surface area contributed by atoms with Crippen molar-refractivity contribution in [3.05, 3.63) is 6.20 Å². The molecule has 2 unspecified atom stereocenters. The molecule has 7 heteroatoms. The van der Waals surface area contributed by atoms with Gasteiger partial charge in [-0.05, 0) is 18.8 Å². The number of aryl methyl sites for hydroxylation is 1. The molecule has 2 atom stereocenters. The van der Waals surface area contributed by atoms with Crippen LogP contribution in [0.1, 0.15) is 32.6 Å². The normalized spacial score (nSPS) is 25.2. The van der Waals surface area contributed by atoms with Crippen molar-refractivity contribution in [3.8, 4) is 0 Å². The number of hydrogen-bond donors (Lipinski definition) is 2. The Hall–Kier alpha value is -1.08. The van der Waals surface area contributed by atoms with Crippen LogP contribution in [0.4, 0.5) is 5.82 Å². The summed E-state index contributed by atoms with van der Waals surface area (Å²) in [5.41, 5.74) is 5.61. The topological polar surface area (TPSA) is 90.0 Å². The molecule has 0 spiro atoms. The SMILES string of the molecule is CC1CCCC(NS(=O)(=O)c2cn(C)nc2N)C1. The Morgan fingerprint density at radius 1 is 1.50 bits per heavy atom. The molecule has 1 aromatic rings. The molecule has 0 radical (unpaired) electrons. The van der Waals surface area contributed by atoms with E-state index in [1.165, 1.54) is 17.3 Å². The largest absolute Gasteiger partial charge is 0.381 e. The smallest absolute Gasteiger partial charge is 0.246 e. The zero-order valence-corrected chi connectivity index (χ0v) is 11.6. The van der Waals surface area contributed by atoms with E-state index in [1.54, 1.807) is 7.05 Å². The van der Waals surface area contributed by atoms with Gasteiger partial charge in [-0.25, -0.2) is 13.1 Å². The van der Waals surface area contributed by atoms with E-state index in [-0.39, 0.29) is 16.8 Å². The Balaban J connectivity index is 2.14. The van der Waals surface area contributed by atoms with Crippen LogP contribution in [0, 0.1) is 5.92 Å². The maximum Gasteiger partial charge on any atom is 0.246 e. The van der Waals surface area contributed by atoms with Crippen molar-refractivity contribution in [3.63, 3.8) is 0 Å². The summed E-state index contributed by atoms with van der Waals surface area (Å²) in [5.74, 6) is 0.617. The maximum absolute atomic E-state index is 12.2. The van der Waals surface area contributed by atoms with E-state index in [1.807, 2.05) is 0 Å². The minimum absolute atomic E-state index is 0.0124. The van der Waals surface area contributed by atoms with Crippen molar-refractivity contribution in [2.75, 3.05) is 5.73 Å². The number of aromatic nitrogens is 2. The Bertz CT molecular complexity index is 523. The van der Waals surface area contributed by atoms with Crippen LogP contribution in [-0.2, 0) is 17.1 Å². The molecule has 6 nitrogen and oxygen atoms in total. The summed E-state index contributed by atoms with van der Waals surface area (Å²) in [7, 11) is -1.90. The van der Waals surface area contributed by atoms with Gasteiger partial charge in [0.1, 0.15) is 4.90 Å². The maximum atomic E-state index is 12.2. The van der Waals surface area contributed by atoms with E-state index in [4.69, 9.17) is 5.73 Å². The Kier molecular flexibility index (Phi) is 3.63. The summed E-state index contributed by atoms with van der Waals surface area (Å²) in [6.45, 7) is 2.15. The van der Waals surface area contributed by atoms with Crippen LogP contribution in [0.15, 0.2) is 11.1 Å². The van der Waals surface area contributed by atoms with Crippen molar-refractivity contribution in [2.45, 2.75) is 43.5 Å². The van der Waals surface area contributed by atoms with Gasteiger partial charge < -0.3 is 5.73 Å². The average Bonchev–Trinajstić information content (AvgIpc) is 2.58. The van der Waals surface area contributed by atoms with Gasteiger partial charge >= 0.3 is 0 Å². The third-order valence-electron chi connectivity index (χ3n) is 3.37. The minimum Gasteiger partial charge on any atom is -0.381 e. The number of nitrogens with zero attached hydrogens (tertiary/aromatic N) is 2. The molecule has 1 saturated carbocycles. The second kappa shape index (κ2) is 4.89. The fourth-order valence-electron chi connectivity index (χ4n) is 2.52. The van der Waals surface area contributed by atoms with Crippen LogP contribution < -0.4 is 10.5 Å². The lowest BCUT2D eigenvalue weighted by Gasteiger charge is -2.27. The monoisotopic (exact) mass is 272 g/mol. The van der Waals surface area contributed by atoms with Gasteiger partial charge in [-0.1, -0.05) is 19.8 Å². The Morgan fingerprint density at radius 2 is 2.22 bits per heavy atom. The summed E-state index contributed by atoms with van der Waals surface area (Å²) in [4.78, 5) is 0.0724. The highest BCUT2D eigenvalue weighted by molar-refractivity contribution is 7.89. The molecule has 1 aliphatic carbocycles. The van der Waals surface area contributed by atoms with E-state index >= 15 is 0 Å². The molecule has 0 aliphatic heterocycles. The highest BCUT2D eigenvalue weighted by Crippen LogP contribution is 2.25. The molecule has 3 N–H and O–H groups in total. The molecule has 0 bridgehead atoms. The Morgan fingerprint density at radius 3 is 2.78 bits per heavy atom. The van der Waals surface area contributed by atoms with E-state index < -0.39 is 10.0 Å². The number of anilines is 1. The molecule has 1 aromatic heterocycles. The molecule has 0 aromatic carbocycles. The Labute approximate surface area is 108 Å². The second-order valence-corrected chi connectivity index (χ2v) is 6.82. The minimum atomic E-state index is -3.55. The average molecular weight is 272 g/mol. The predicted octanol–water partition coefficient (Wildman–Crippen LogP) is 0.859. The molecule has 0 amide bonds. The fourth-order valence-corrected chi connectivity index (χ4v) is 3.90. The van der Waals surface area contributed by atoms with Crippen LogP contribution in [0.5, 0.6) is 0 Å². The van der Waals surface area contributed by atoms with Gasteiger partial charge in [-0.15, -0.1) is 0 Å². The number of nitrogen functional groups attached to an aromatic ring is 1. The summed E-state index contributed by atoms with van der Waals surface area (Å²) in [6.07, 6.45) is 5.46. The van der Waals surface area contributed by atoms with E-state index in [0.29, 0.717) is 5.92 Å². The van der Waals surface area contributed by atoms with Gasteiger partial charge in [0.2, 0.25) is 10.0 Å². The van der Waals surface area contributed by atoms with Crippen LogP contribution in [0.2, 0.25) is 0 Å². The van der Waals surface area contributed by atoms with Gasteiger partial charge in [0.05, 0.1) is 0 Å². The highest BCUT2D eigenvalue weighted by Gasteiger charge is 2.27. The van der Waals surface area contributed by atoms with Crippen molar-refractivity contribution < 1.29 is 8.42 Å². The predicted molar refractivity (Wildman–Crippen MR) is 69.4 cm³/mol. The molecule has 1 aliphatic rings. The van der Waals surface area contributed by atoms with Crippen molar-refractivity contribution >= 4 is 15.8 Å². The summed E-state index contributed by atoms with van der Waals surface area (Å²) in [5, 5.41) is 3.86. The second-order valence-electron chi connectivity index (χ2n) is 5.14. The zero-order valence-electron chi connectivity index (χ0n) is 10.8. The number of hydrogen-bond acceptors (Lipinski definition) is 4. The first-order chi connectivity index (χ1) is 8.38. The number of rotatable bonds is 3. The van der Waals surface area contributed by atoms with Gasteiger partial charge in [-0.3, -0.25) is 4.68 Å². The molecule has 1 heterocycles. The van der Waals surface area contributed by atoms with Crippen molar-refractivity contribution in [1.29, 1.82) is 0 Å². The first-order valence-electron chi connectivity index (χ1n) is 6.20. The van der Waals surface area contributed by atoms with Gasteiger partial charge in [0.25, 0.3) is 0 Å². The quantitative estimate of drug-likeness (QED) is 0.854. The van der Waals surface area contributed by atoms with Crippen LogP contribution in [-0.4, -0.2) is 24.2 Å². The molecule has 0 saturated heterocycles. The molecule has 18 heavy (non-hydrogen) atoms. The van der Waals surface area contributed by atoms with Crippen molar-refractivity contribution in [1.82, 2.24) is 14.5 Å². The number of nitrogens with two attached hydrogens (primary N) is 1. The van der Waals surface area contributed by atoms with E-state index in [0.717, 1.165) is 19.3 Å². The van der Waals surface area contributed by atoms with E-state index in [9.17, 15) is 8.42 Å². The molecule has 2 rings (SSSR count). The lowest BCUT2D eigenvalue weighted by atomic mass is 9.88. The van der Waals surface area contributed by atoms with Crippen molar-refractivity contribution in [2.24, 2.45) is 13.0 Å². The third kappa shape index (κ3) is 2.84. The summed E-state index contributed by atoms with van der Waals surface area (Å²) < 4.78 is 28.5. The lowest BCUT2D eigenvalue weighted by molar-refractivity contribution is 0.327. The van der Waals surface area contributed by atoms with Crippen LogP contribution >= 0.6 is 0 Å². The standard InChI is InChI=1S/C11H20N4O2S/c1-8-4-3-5-9(6-8)14-18(16,17)10-7-15(2)13-11(10)12/h7-9,14H,3-6H2,1-2H3,(H2,12,13). The molecule has 1 fully saturated rings. The third-order valence-corrected chi connectivity index (χ3v) is 4.91. The molecular weight excluding hydrogens is 252 g/mol. The summed E-state index contributed by atoms with van der Waals surface area (Å²) in [6, 6.07) is 0.0124. The fraction of sp³-hybridized carbons (Fsp3) is 0.727. The zero-order chi connectivity index (χ0) is 13.3. The van der Waals surface area contributed by atoms with Crippen LogP contribution in [0.3, 0.4) is 0 Å².